The molecule has 27 heavy (non-hydrogen) atoms. The van der Waals surface area contributed by atoms with Crippen LogP contribution in [0.15, 0.2) is 40.3 Å². The average molecular weight is 393 g/mol. The van der Waals surface area contributed by atoms with Crippen LogP contribution in [0.2, 0.25) is 0 Å². The van der Waals surface area contributed by atoms with Crippen LogP contribution in [0.3, 0.4) is 0 Å². The molecule has 2 aromatic heterocycles. The summed E-state index contributed by atoms with van der Waals surface area (Å²) in [5.41, 5.74) is 1.22. The van der Waals surface area contributed by atoms with E-state index in [1.807, 2.05) is 0 Å². The number of nitrogens with two attached hydrogens (primary N) is 1. The van der Waals surface area contributed by atoms with Crippen LogP contribution in [0, 0.1) is 0 Å². The van der Waals surface area contributed by atoms with Gasteiger partial charge in [0.2, 0.25) is 21.8 Å². The number of nitrogens with zero attached hydrogens (tertiary/aromatic N) is 2. The molecule has 0 saturated heterocycles. The molecule has 0 unspecified atom stereocenters. The number of hydrogen-bond donors (Lipinski definition) is 5. The number of carbonyl (C=O) groups is 2. The molecule has 3 aromatic rings. The number of rotatable bonds is 6. The number of carbonyl (C=O) groups excluding carboxylic acids is 2. The monoisotopic (exact) mass is 393 g/mol. The topological polar surface area (TPSA) is 185 Å². The molecule has 0 aliphatic rings. The average Bonchev–Trinajstić information content (AvgIpc) is 3.18. The van der Waals surface area contributed by atoms with Gasteiger partial charge in [0, 0.05) is 11.9 Å². The Morgan fingerprint density at radius 2 is 1.93 bits per heavy atom. The van der Waals surface area contributed by atoms with Gasteiger partial charge in [0.25, 0.3) is 0 Å². The molecule has 2 amide bonds. The zero-order chi connectivity index (χ0) is 19.6. The summed E-state index contributed by atoms with van der Waals surface area (Å²) in [7, 11) is -3.90. The molecule has 13 heteroatoms. The Morgan fingerprint density at radius 3 is 2.63 bits per heavy atom. The van der Waals surface area contributed by atoms with Crippen molar-refractivity contribution in [1.82, 2.24) is 25.1 Å². The number of aromatic amines is 2. The number of anilines is 1. The highest BCUT2D eigenvalue weighted by Gasteiger charge is 2.13. The Balaban J connectivity index is 1.52. The fraction of sp³-hybridized carbons (Fsp3) is 0.143. The van der Waals surface area contributed by atoms with Crippen molar-refractivity contribution >= 4 is 38.6 Å². The number of imidazole rings is 1. The number of primary sulfonamides is 1. The lowest BCUT2D eigenvalue weighted by Gasteiger charge is -2.07. The second kappa shape index (κ2) is 7.05. The predicted molar refractivity (Wildman–Crippen MR) is 94.2 cm³/mol. The first-order chi connectivity index (χ1) is 12.7. The van der Waals surface area contributed by atoms with Gasteiger partial charge in [-0.1, -0.05) is 0 Å². The second-order valence-corrected chi connectivity index (χ2v) is 7.14. The molecule has 2 heterocycles. The maximum atomic E-state index is 11.9. The standard InChI is InChI=1S/C14H15N7O5S/c15-27(25,26)9-4-17-21(6-9)7-13(23)16-5-12(22)18-8-1-2-10-11(3-8)20-14(24)19-10/h1-4,6H,5,7H2,(H,16,23)(H,18,22)(H2,15,25,26)(H2,19,20,24). The summed E-state index contributed by atoms with van der Waals surface area (Å²) in [4.78, 5) is 39.9. The third-order valence-electron chi connectivity index (χ3n) is 3.49. The van der Waals surface area contributed by atoms with E-state index in [9.17, 15) is 22.8 Å². The van der Waals surface area contributed by atoms with Crippen LogP contribution < -0.4 is 21.5 Å². The van der Waals surface area contributed by atoms with Crippen molar-refractivity contribution in [2.45, 2.75) is 11.4 Å². The van der Waals surface area contributed by atoms with Crippen LogP contribution in [-0.4, -0.2) is 46.5 Å². The molecule has 0 radical (unpaired) electrons. The number of H-pyrrole nitrogens is 2. The summed E-state index contributed by atoms with van der Waals surface area (Å²) in [6.07, 6.45) is 2.14. The number of nitrogens with one attached hydrogen (secondary N) is 4. The lowest BCUT2D eigenvalue weighted by molar-refractivity contribution is -0.124. The Morgan fingerprint density at radius 1 is 1.19 bits per heavy atom. The number of fused-ring (bicyclic) bond motifs is 1. The Kier molecular flexibility index (Phi) is 4.79. The lowest BCUT2D eigenvalue weighted by atomic mass is 10.2. The highest BCUT2D eigenvalue weighted by atomic mass is 32.2. The summed E-state index contributed by atoms with van der Waals surface area (Å²) >= 11 is 0. The van der Waals surface area contributed by atoms with Gasteiger partial charge in [0.05, 0.1) is 23.8 Å². The van der Waals surface area contributed by atoms with Crippen LogP contribution in [0.5, 0.6) is 0 Å². The molecular formula is C14H15N7O5S. The zero-order valence-electron chi connectivity index (χ0n) is 13.7. The molecule has 0 spiro atoms. The van der Waals surface area contributed by atoms with Crippen molar-refractivity contribution in [2.75, 3.05) is 11.9 Å². The van der Waals surface area contributed by atoms with Crippen molar-refractivity contribution in [2.24, 2.45) is 5.14 Å². The normalized spacial score (nSPS) is 11.4. The fourth-order valence-electron chi connectivity index (χ4n) is 2.28. The molecule has 0 atom stereocenters. The summed E-state index contributed by atoms with van der Waals surface area (Å²) < 4.78 is 23.4. The van der Waals surface area contributed by atoms with Crippen LogP contribution in [0.4, 0.5) is 5.69 Å². The van der Waals surface area contributed by atoms with Gasteiger partial charge in [-0.05, 0) is 18.2 Å². The number of hydrogen-bond acceptors (Lipinski definition) is 6. The number of amides is 2. The molecular weight excluding hydrogens is 378 g/mol. The van der Waals surface area contributed by atoms with E-state index in [2.05, 4.69) is 25.7 Å². The number of benzene rings is 1. The van der Waals surface area contributed by atoms with E-state index in [0.717, 1.165) is 17.1 Å². The van der Waals surface area contributed by atoms with Gasteiger partial charge in [-0.15, -0.1) is 0 Å². The Hall–Kier alpha value is -3.45. The molecule has 3 rings (SSSR count). The SMILES string of the molecule is NS(=O)(=O)c1cnn(CC(=O)NCC(=O)Nc2ccc3[nH]c(=O)[nH]c3c2)c1. The van der Waals surface area contributed by atoms with E-state index in [4.69, 9.17) is 5.14 Å². The van der Waals surface area contributed by atoms with Crippen molar-refractivity contribution < 1.29 is 18.0 Å². The molecule has 6 N–H and O–H groups in total. The van der Waals surface area contributed by atoms with Crippen LogP contribution >= 0.6 is 0 Å². The zero-order valence-corrected chi connectivity index (χ0v) is 14.5. The lowest BCUT2D eigenvalue weighted by Crippen LogP contribution is -2.35. The van der Waals surface area contributed by atoms with Crippen molar-refractivity contribution in [1.29, 1.82) is 0 Å². The van der Waals surface area contributed by atoms with Gasteiger partial charge >= 0.3 is 5.69 Å². The van der Waals surface area contributed by atoms with Gasteiger partial charge in [-0.3, -0.25) is 14.3 Å². The second-order valence-electron chi connectivity index (χ2n) is 5.58. The van der Waals surface area contributed by atoms with Crippen LogP contribution in [0.1, 0.15) is 0 Å². The molecule has 1 aromatic carbocycles. The first-order valence-corrected chi connectivity index (χ1v) is 9.09. The molecule has 0 aliphatic carbocycles. The summed E-state index contributed by atoms with van der Waals surface area (Å²) in [5, 5.41) is 13.6. The van der Waals surface area contributed by atoms with E-state index < -0.39 is 21.8 Å². The van der Waals surface area contributed by atoms with Crippen molar-refractivity contribution in [3.63, 3.8) is 0 Å². The highest BCUT2D eigenvalue weighted by Crippen LogP contribution is 2.14. The first kappa shape index (κ1) is 18.3. The largest absolute Gasteiger partial charge is 0.345 e. The van der Waals surface area contributed by atoms with Crippen molar-refractivity contribution in [3.05, 3.63) is 41.1 Å². The molecule has 0 fully saturated rings. The van der Waals surface area contributed by atoms with Crippen LogP contribution in [-0.2, 0) is 26.2 Å². The predicted octanol–water partition coefficient (Wildman–Crippen LogP) is -1.54. The smallest absolute Gasteiger partial charge is 0.323 e. The number of aromatic nitrogens is 4. The maximum Gasteiger partial charge on any atom is 0.323 e. The summed E-state index contributed by atoms with van der Waals surface area (Å²) in [6.45, 7) is -0.580. The molecule has 142 valence electrons. The van der Waals surface area contributed by atoms with Gasteiger partial charge in [-0.25, -0.2) is 18.4 Å². The van der Waals surface area contributed by atoms with E-state index in [1.54, 1.807) is 18.2 Å². The molecule has 12 nitrogen and oxygen atoms in total. The summed E-state index contributed by atoms with van der Waals surface area (Å²) in [5.74, 6) is -1.02. The summed E-state index contributed by atoms with van der Waals surface area (Å²) in [6, 6.07) is 4.80. The van der Waals surface area contributed by atoms with Gasteiger partial charge in [0.1, 0.15) is 11.4 Å². The molecule has 0 aliphatic heterocycles. The minimum absolute atomic E-state index is 0.216. The number of sulfonamides is 1. The van der Waals surface area contributed by atoms with E-state index >= 15 is 0 Å². The molecule has 0 bridgehead atoms. The van der Waals surface area contributed by atoms with Gasteiger partial charge < -0.3 is 20.6 Å². The van der Waals surface area contributed by atoms with Gasteiger partial charge in [-0.2, -0.15) is 5.10 Å². The fourth-order valence-corrected chi connectivity index (χ4v) is 2.74. The van der Waals surface area contributed by atoms with Crippen LogP contribution in [0.25, 0.3) is 11.0 Å². The Bertz CT molecular complexity index is 1170. The Labute approximate surface area is 151 Å². The first-order valence-electron chi connectivity index (χ1n) is 7.54. The minimum Gasteiger partial charge on any atom is -0.345 e. The minimum atomic E-state index is -3.90. The molecule has 0 saturated carbocycles. The third kappa shape index (κ3) is 4.59. The highest BCUT2D eigenvalue weighted by molar-refractivity contribution is 7.89. The third-order valence-corrected chi connectivity index (χ3v) is 4.36. The maximum absolute atomic E-state index is 11.9. The van der Waals surface area contributed by atoms with E-state index in [1.165, 1.54) is 0 Å². The van der Waals surface area contributed by atoms with E-state index in [0.29, 0.717) is 16.7 Å². The van der Waals surface area contributed by atoms with Crippen molar-refractivity contribution in [3.8, 4) is 0 Å². The van der Waals surface area contributed by atoms with E-state index in [-0.39, 0.29) is 23.7 Å². The quantitative estimate of drug-likeness (QED) is 0.337. The van der Waals surface area contributed by atoms with Gasteiger partial charge in [0.15, 0.2) is 0 Å².